The summed E-state index contributed by atoms with van der Waals surface area (Å²) in [7, 11) is 0. The molecule has 1 atom stereocenters. The molecule has 0 rings (SSSR count). The summed E-state index contributed by atoms with van der Waals surface area (Å²) >= 11 is 0. The summed E-state index contributed by atoms with van der Waals surface area (Å²) in [6.07, 6.45) is 0. The summed E-state index contributed by atoms with van der Waals surface area (Å²) in [5.41, 5.74) is 5.10. The third kappa shape index (κ3) is 4.29. The Morgan fingerprint density at radius 2 is 2.09 bits per heavy atom. The van der Waals surface area contributed by atoms with E-state index in [2.05, 4.69) is 4.74 Å². The molecule has 6 heteroatoms. The van der Waals surface area contributed by atoms with E-state index in [1.807, 2.05) is 0 Å². The van der Waals surface area contributed by atoms with Gasteiger partial charge in [-0.05, 0) is 0 Å². The van der Waals surface area contributed by atoms with Crippen molar-refractivity contribution in [2.45, 2.75) is 6.04 Å². The number of carbonyl (C=O) groups is 2. The highest BCUT2D eigenvalue weighted by Gasteiger charge is 2.13. The molecular formula is C5H9NO5. The molecule has 0 bridgehead atoms. The maximum Gasteiger partial charge on any atom is 0.417 e. The van der Waals surface area contributed by atoms with Crippen molar-refractivity contribution in [3.05, 3.63) is 0 Å². The van der Waals surface area contributed by atoms with E-state index in [1.165, 1.54) is 0 Å². The summed E-state index contributed by atoms with van der Waals surface area (Å²) in [6.45, 7) is -0.644. The summed E-state index contributed by atoms with van der Waals surface area (Å²) in [5.74, 6) is -3.04. The first-order valence-corrected chi connectivity index (χ1v) is 2.84. The van der Waals surface area contributed by atoms with Crippen molar-refractivity contribution in [3.63, 3.8) is 0 Å². The Balaban J connectivity index is 3.54. The van der Waals surface area contributed by atoms with Gasteiger partial charge in [-0.2, -0.15) is 0 Å². The number of aliphatic hydroxyl groups excluding tert-OH is 1. The van der Waals surface area contributed by atoms with Gasteiger partial charge in [-0.3, -0.25) is 0 Å². The Hall–Kier alpha value is -1.14. The molecule has 0 aliphatic rings. The number of aliphatic carboxylic acids is 1. The van der Waals surface area contributed by atoms with Crippen molar-refractivity contribution >= 4 is 11.9 Å². The number of aliphatic hydroxyl groups is 1. The van der Waals surface area contributed by atoms with Gasteiger partial charge in [0.1, 0.15) is 6.61 Å². The van der Waals surface area contributed by atoms with Crippen molar-refractivity contribution in [2.75, 3.05) is 13.2 Å². The van der Waals surface area contributed by atoms with Crippen molar-refractivity contribution in [1.82, 2.24) is 0 Å². The molecule has 0 aromatic rings. The first kappa shape index (κ1) is 9.86. The zero-order valence-electron chi connectivity index (χ0n) is 5.69. The molecule has 0 saturated heterocycles. The standard InChI is InChI=1S/C5H9NO5/c6-3(1-7)2-11-5(10)4(8)9/h3,7H,1-2,6H2,(H,8,9). The van der Waals surface area contributed by atoms with Crippen LogP contribution in [-0.2, 0) is 14.3 Å². The fourth-order valence-electron chi connectivity index (χ4n) is 0.297. The highest BCUT2D eigenvalue weighted by molar-refractivity contribution is 6.28. The van der Waals surface area contributed by atoms with E-state index in [0.29, 0.717) is 0 Å². The smallest absolute Gasteiger partial charge is 0.417 e. The van der Waals surface area contributed by atoms with E-state index in [9.17, 15) is 9.59 Å². The number of ether oxygens (including phenoxy) is 1. The van der Waals surface area contributed by atoms with E-state index >= 15 is 0 Å². The van der Waals surface area contributed by atoms with Crippen LogP contribution < -0.4 is 5.73 Å². The van der Waals surface area contributed by atoms with Crippen LogP contribution in [0.1, 0.15) is 0 Å². The highest BCUT2D eigenvalue weighted by Crippen LogP contribution is 1.82. The normalized spacial score (nSPS) is 12.2. The SMILES string of the molecule is NC(CO)COC(=O)C(=O)O. The highest BCUT2D eigenvalue weighted by atomic mass is 16.6. The molecule has 64 valence electrons. The molecule has 0 radical (unpaired) electrons. The zero-order valence-corrected chi connectivity index (χ0v) is 5.69. The molecule has 11 heavy (non-hydrogen) atoms. The molecule has 0 aliphatic heterocycles. The fraction of sp³-hybridized carbons (Fsp3) is 0.600. The van der Waals surface area contributed by atoms with Crippen LogP contribution in [0, 0.1) is 0 Å². The van der Waals surface area contributed by atoms with Gasteiger partial charge < -0.3 is 20.7 Å². The molecule has 0 fully saturated rings. The van der Waals surface area contributed by atoms with E-state index in [4.69, 9.17) is 15.9 Å². The molecule has 0 aromatic carbocycles. The minimum atomic E-state index is -1.67. The number of rotatable bonds is 3. The second-order valence-corrected chi connectivity index (χ2v) is 1.85. The maximum absolute atomic E-state index is 10.2. The van der Waals surface area contributed by atoms with E-state index < -0.39 is 18.0 Å². The van der Waals surface area contributed by atoms with Crippen LogP contribution >= 0.6 is 0 Å². The number of hydrogen-bond acceptors (Lipinski definition) is 5. The van der Waals surface area contributed by atoms with E-state index in [0.717, 1.165) is 0 Å². The Morgan fingerprint density at radius 3 is 2.45 bits per heavy atom. The van der Waals surface area contributed by atoms with Gasteiger partial charge in [0.05, 0.1) is 12.6 Å². The Morgan fingerprint density at radius 1 is 1.55 bits per heavy atom. The third-order valence-corrected chi connectivity index (χ3v) is 0.838. The second-order valence-electron chi connectivity index (χ2n) is 1.85. The van der Waals surface area contributed by atoms with Gasteiger partial charge in [0.15, 0.2) is 0 Å². The molecule has 0 aromatic heterocycles. The summed E-state index contributed by atoms with van der Waals surface area (Å²) in [5, 5.41) is 16.3. The summed E-state index contributed by atoms with van der Waals surface area (Å²) in [4.78, 5) is 20.0. The quantitative estimate of drug-likeness (QED) is 0.326. The molecule has 0 saturated carbocycles. The maximum atomic E-state index is 10.2. The molecule has 0 amide bonds. The monoisotopic (exact) mass is 163 g/mol. The lowest BCUT2D eigenvalue weighted by atomic mass is 10.4. The van der Waals surface area contributed by atoms with Crippen LogP contribution in [0.2, 0.25) is 0 Å². The predicted molar refractivity (Wildman–Crippen MR) is 33.7 cm³/mol. The van der Waals surface area contributed by atoms with Crippen molar-refractivity contribution in [2.24, 2.45) is 5.73 Å². The molecule has 0 heterocycles. The number of esters is 1. The first-order valence-electron chi connectivity index (χ1n) is 2.84. The molecule has 6 nitrogen and oxygen atoms in total. The van der Waals surface area contributed by atoms with E-state index in [1.54, 1.807) is 0 Å². The summed E-state index contributed by atoms with van der Waals surface area (Å²) < 4.78 is 4.13. The average Bonchev–Trinajstić information content (AvgIpc) is 1.99. The lowest BCUT2D eigenvalue weighted by Crippen LogP contribution is -2.32. The zero-order chi connectivity index (χ0) is 8.85. The van der Waals surface area contributed by atoms with Crippen LogP contribution in [0.4, 0.5) is 0 Å². The molecule has 0 spiro atoms. The lowest BCUT2D eigenvalue weighted by Gasteiger charge is -2.06. The number of nitrogens with two attached hydrogens (primary N) is 1. The number of carboxylic acid groups (broad SMARTS) is 1. The van der Waals surface area contributed by atoms with Crippen LogP contribution in [0.5, 0.6) is 0 Å². The Labute approximate surface area is 62.6 Å². The topological polar surface area (TPSA) is 110 Å². The minimum Gasteiger partial charge on any atom is -0.473 e. The Kier molecular flexibility index (Phi) is 4.16. The summed E-state index contributed by atoms with van der Waals surface area (Å²) in [6, 6.07) is -0.724. The van der Waals surface area contributed by atoms with Gasteiger partial charge in [0.2, 0.25) is 0 Å². The fourth-order valence-corrected chi connectivity index (χ4v) is 0.297. The van der Waals surface area contributed by atoms with Gasteiger partial charge in [-0.1, -0.05) is 0 Å². The third-order valence-electron chi connectivity index (χ3n) is 0.838. The lowest BCUT2D eigenvalue weighted by molar-refractivity contribution is -0.164. The van der Waals surface area contributed by atoms with Gasteiger partial charge >= 0.3 is 11.9 Å². The van der Waals surface area contributed by atoms with E-state index in [-0.39, 0.29) is 13.2 Å². The van der Waals surface area contributed by atoms with Gasteiger partial charge in [0, 0.05) is 0 Å². The van der Waals surface area contributed by atoms with Crippen LogP contribution in [0.3, 0.4) is 0 Å². The first-order chi connectivity index (χ1) is 5.07. The molecule has 0 aliphatic carbocycles. The minimum absolute atomic E-state index is 0.290. The average molecular weight is 163 g/mol. The van der Waals surface area contributed by atoms with Crippen LogP contribution in [-0.4, -0.2) is 41.4 Å². The number of hydrogen-bond donors (Lipinski definition) is 3. The van der Waals surface area contributed by atoms with Crippen LogP contribution in [0.25, 0.3) is 0 Å². The Bertz CT molecular complexity index is 157. The number of carbonyl (C=O) groups excluding carboxylic acids is 1. The van der Waals surface area contributed by atoms with Gasteiger partial charge in [-0.15, -0.1) is 0 Å². The largest absolute Gasteiger partial charge is 0.473 e. The van der Waals surface area contributed by atoms with Gasteiger partial charge in [0.25, 0.3) is 0 Å². The van der Waals surface area contributed by atoms with Crippen molar-refractivity contribution < 1.29 is 24.5 Å². The molecule has 1 unspecified atom stereocenters. The van der Waals surface area contributed by atoms with Crippen molar-refractivity contribution in [1.29, 1.82) is 0 Å². The molecular weight excluding hydrogens is 154 g/mol. The van der Waals surface area contributed by atoms with Gasteiger partial charge in [-0.25, -0.2) is 9.59 Å². The second kappa shape index (κ2) is 4.64. The molecule has 4 N–H and O–H groups in total. The van der Waals surface area contributed by atoms with Crippen LogP contribution in [0.15, 0.2) is 0 Å². The van der Waals surface area contributed by atoms with Crippen molar-refractivity contribution in [3.8, 4) is 0 Å². The number of carboxylic acids is 1. The predicted octanol–water partition coefficient (Wildman–Crippen LogP) is -2.07.